The molecule has 136 valence electrons. The number of hydrogen-bond acceptors (Lipinski definition) is 4. The molecule has 1 saturated carbocycles. The average molecular weight is 417 g/mol. The monoisotopic (exact) mass is 416 g/mol. The Bertz CT molecular complexity index is 784. The van der Waals surface area contributed by atoms with Gasteiger partial charge in [0, 0.05) is 10.0 Å². The number of carbonyl (C=O) groups excluding carboxylic acids is 1. The van der Waals surface area contributed by atoms with Crippen LogP contribution < -0.4 is 0 Å². The van der Waals surface area contributed by atoms with E-state index in [1.807, 2.05) is 12.1 Å². The van der Waals surface area contributed by atoms with Gasteiger partial charge < -0.3 is 14.6 Å². The highest BCUT2D eigenvalue weighted by atomic mass is 79.9. The molecule has 1 aromatic carbocycles. The second kappa shape index (κ2) is 7.16. The van der Waals surface area contributed by atoms with Gasteiger partial charge in [-0.05, 0) is 48.9 Å². The molecule has 0 bridgehead atoms. The van der Waals surface area contributed by atoms with E-state index in [9.17, 15) is 9.90 Å². The van der Waals surface area contributed by atoms with Crippen LogP contribution in [0.4, 0.5) is 0 Å². The smallest absolute Gasteiger partial charge is 0.343 e. The van der Waals surface area contributed by atoms with Crippen LogP contribution in [0.3, 0.4) is 0 Å². The van der Waals surface area contributed by atoms with Crippen molar-refractivity contribution in [2.24, 2.45) is 0 Å². The van der Waals surface area contributed by atoms with E-state index in [0.717, 1.165) is 15.6 Å². The molecule has 0 amide bonds. The number of esters is 1. The third kappa shape index (κ3) is 3.01. The van der Waals surface area contributed by atoms with Crippen molar-refractivity contribution in [3.05, 3.63) is 65.1 Å². The van der Waals surface area contributed by atoms with Crippen molar-refractivity contribution in [2.75, 3.05) is 0 Å². The maximum atomic E-state index is 12.7. The molecule has 1 aliphatic carbocycles. The first-order valence-corrected chi connectivity index (χ1v) is 9.27. The van der Waals surface area contributed by atoms with E-state index in [4.69, 9.17) is 9.47 Å². The number of aliphatic hydroxyl groups is 1. The molecule has 26 heavy (non-hydrogen) atoms. The summed E-state index contributed by atoms with van der Waals surface area (Å²) in [4.78, 5) is 12.7. The van der Waals surface area contributed by atoms with Gasteiger partial charge in [-0.25, -0.2) is 4.79 Å². The van der Waals surface area contributed by atoms with Crippen molar-refractivity contribution < 1.29 is 19.4 Å². The molecule has 4 nitrogen and oxygen atoms in total. The fourth-order valence-corrected chi connectivity index (χ4v) is 4.24. The highest BCUT2D eigenvalue weighted by molar-refractivity contribution is 9.10. The van der Waals surface area contributed by atoms with Gasteiger partial charge in [-0.15, -0.1) is 0 Å². The summed E-state index contributed by atoms with van der Waals surface area (Å²) in [5.41, 5.74) is 1.28. The zero-order valence-corrected chi connectivity index (χ0v) is 16.0. The largest absolute Gasteiger partial charge is 0.507 e. The zero-order valence-electron chi connectivity index (χ0n) is 14.5. The molecule has 0 saturated heterocycles. The van der Waals surface area contributed by atoms with Crippen LogP contribution in [0.5, 0.6) is 0 Å². The Morgan fingerprint density at radius 1 is 1.19 bits per heavy atom. The summed E-state index contributed by atoms with van der Waals surface area (Å²) in [5.74, 6) is -0.521. The summed E-state index contributed by atoms with van der Waals surface area (Å²) >= 11 is 3.45. The average Bonchev–Trinajstić information content (AvgIpc) is 2.86. The molecule has 0 radical (unpaired) electrons. The van der Waals surface area contributed by atoms with Crippen LogP contribution in [-0.4, -0.2) is 22.8 Å². The number of ether oxygens (including phenoxy) is 2. The highest BCUT2D eigenvalue weighted by Crippen LogP contribution is 2.47. The van der Waals surface area contributed by atoms with Crippen molar-refractivity contribution in [1.29, 1.82) is 0 Å². The van der Waals surface area contributed by atoms with Crippen LogP contribution in [0.25, 0.3) is 17.7 Å². The Hall–Kier alpha value is -2.27. The second-order valence-corrected chi connectivity index (χ2v) is 7.39. The first-order chi connectivity index (χ1) is 12.5. The fourth-order valence-electron chi connectivity index (χ4n) is 3.75. The zero-order chi connectivity index (χ0) is 18.9. The van der Waals surface area contributed by atoms with Gasteiger partial charge in [0.25, 0.3) is 0 Å². The molecule has 0 aromatic heterocycles. The van der Waals surface area contributed by atoms with Crippen molar-refractivity contribution in [1.82, 2.24) is 0 Å². The van der Waals surface area contributed by atoms with Crippen LogP contribution in [-0.2, 0) is 14.3 Å². The van der Waals surface area contributed by atoms with Crippen LogP contribution >= 0.6 is 15.9 Å². The van der Waals surface area contributed by atoms with Gasteiger partial charge in [0.15, 0.2) is 11.4 Å². The van der Waals surface area contributed by atoms with Gasteiger partial charge >= 0.3 is 5.97 Å². The SMILES string of the molecule is C=COC1CCC2(CC1)OC(=O)C(c1c(C=C)cc(Br)cc1C=C)=C2O. The Labute approximate surface area is 161 Å². The minimum Gasteiger partial charge on any atom is -0.507 e. The summed E-state index contributed by atoms with van der Waals surface area (Å²) < 4.78 is 12.0. The number of carbonyl (C=O) groups is 1. The maximum absolute atomic E-state index is 12.7. The molecule has 5 heteroatoms. The topological polar surface area (TPSA) is 55.8 Å². The van der Waals surface area contributed by atoms with Gasteiger partial charge in [0.05, 0.1) is 12.4 Å². The first-order valence-electron chi connectivity index (χ1n) is 8.48. The Morgan fingerprint density at radius 3 is 2.27 bits per heavy atom. The summed E-state index contributed by atoms with van der Waals surface area (Å²) in [6.07, 6.45) is 7.15. The molecule has 1 aromatic rings. The Balaban J connectivity index is 2.07. The lowest BCUT2D eigenvalue weighted by molar-refractivity contribution is -0.151. The molecular weight excluding hydrogens is 396 g/mol. The van der Waals surface area contributed by atoms with E-state index in [2.05, 4.69) is 35.7 Å². The quantitative estimate of drug-likeness (QED) is 0.515. The summed E-state index contributed by atoms with van der Waals surface area (Å²) in [5, 5.41) is 11.0. The molecule has 1 fully saturated rings. The van der Waals surface area contributed by atoms with Crippen LogP contribution in [0.1, 0.15) is 42.4 Å². The van der Waals surface area contributed by atoms with E-state index in [-0.39, 0.29) is 17.4 Å². The van der Waals surface area contributed by atoms with Gasteiger partial charge in [0.1, 0.15) is 5.57 Å². The first kappa shape index (κ1) is 18.5. The molecule has 2 aliphatic rings. The van der Waals surface area contributed by atoms with Gasteiger partial charge in [0.2, 0.25) is 0 Å². The summed E-state index contributed by atoms with van der Waals surface area (Å²) in [7, 11) is 0. The predicted molar refractivity (Wildman–Crippen MR) is 106 cm³/mol. The normalized spacial score (nSPS) is 25.1. The number of halogens is 1. The van der Waals surface area contributed by atoms with E-state index in [0.29, 0.717) is 31.2 Å². The minimum absolute atomic E-state index is 0.00641. The van der Waals surface area contributed by atoms with Crippen LogP contribution in [0.2, 0.25) is 0 Å². The summed E-state index contributed by atoms with van der Waals surface area (Å²) in [6.45, 7) is 11.2. The van der Waals surface area contributed by atoms with Crippen molar-refractivity contribution in [3.63, 3.8) is 0 Å². The predicted octanol–water partition coefficient (Wildman–Crippen LogP) is 5.40. The van der Waals surface area contributed by atoms with Gasteiger partial charge in [-0.3, -0.25) is 0 Å². The molecule has 3 rings (SSSR count). The Morgan fingerprint density at radius 2 is 1.77 bits per heavy atom. The maximum Gasteiger partial charge on any atom is 0.343 e. The Kier molecular flexibility index (Phi) is 5.10. The van der Waals surface area contributed by atoms with Crippen molar-refractivity contribution in [3.8, 4) is 0 Å². The number of rotatable bonds is 5. The number of aliphatic hydroxyl groups excluding tert-OH is 1. The highest BCUT2D eigenvalue weighted by Gasteiger charge is 2.51. The standard InChI is InChI=1S/C21H21BrO4/c1-4-13-11-15(22)12-14(5-2)17(13)18-19(23)21(26-20(18)24)9-7-16(8-10-21)25-6-3/h4-6,11-12,16,23H,1-3,7-10H2. The third-order valence-corrected chi connectivity index (χ3v) is 5.50. The molecule has 1 spiro atoms. The molecule has 0 atom stereocenters. The molecular formula is C21H21BrO4. The van der Waals surface area contributed by atoms with Crippen molar-refractivity contribution >= 4 is 39.6 Å². The van der Waals surface area contributed by atoms with Crippen LogP contribution in [0.15, 0.2) is 48.4 Å². The minimum atomic E-state index is -0.975. The van der Waals surface area contributed by atoms with Crippen LogP contribution in [0, 0.1) is 0 Å². The molecule has 1 heterocycles. The third-order valence-electron chi connectivity index (χ3n) is 5.04. The summed E-state index contributed by atoms with van der Waals surface area (Å²) in [6, 6.07) is 3.70. The van der Waals surface area contributed by atoms with E-state index < -0.39 is 11.6 Å². The molecule has 1 aliphatic heterocycles. The lowest BCUT2D eigenvalue weighted by Crippen LogP contribution is -2.38. The van der Waals surface area contributed by atoms with E-state index in [1.54, 1.807) is 12.2 Å². The molecule has 1 N–H and O–H groups in total. The van der Waals surface area contributed by atoms with E-state index >= 15 is 0 Å². The number of hydrogen-bond donors (Lipinski definition) is 1. The van der Waals surface area contributed by atoms with Crippen molar-refractivity contribution in [2.45, 2.75) is 37.4 Å². The number of benzene rings is 1. The van der Waals surface area contributed by atoms with E-state index in [1.165, 1.54) is 6.26 Å². The lowest BCUT2D eigenvalue weighted by atomic mass is 9.80. The molecule has 0 unspecified atom stereocenters. The van der Waals surface area contributed by atoms with Gasteiger partial charge in [-0.2, -0.15) is 0 Å². The second-order valence-electron chi connectivity index (χ2n) is 6.48. The van der Waals surface area contributed by atoms with Gasteiger partial charge in [-0.1, -0.05) is 47.8 Å². The fraction of sp³-hybridized carbons (Fsp3) is 0.286. The lowest BCUT2D eigenvalue weighted by Gasteiger charge is -2.35.